The van der Waals surface area contributed by atoms with Gasteiger partial charge in [0.25, 0.3) is 5.91 Å². The number of cyclic esters (lactones) is 1. The summed E-state index contributed by atoms with van der Waals surface area (Å²) in [6, 6.07) is 8.43. The summed E-state index contributed by atoms with van der Waals surface area (Å²) in [5.41, 5.74) is 4.72. The second kappa shape index (κ2) is 7.28. The molecule has 144 valence electrons. The molecule has 0 unspecified atom stereocenters. The lowest BCUT2D eigenvalue weighted by Gasteiger charge is -2.33. The number of furan rings is 1. The first-order valence-corrected chi connectivity index (χ1v) is 9.42. The molecule has 1 aromatic carbocycles. The van der Waals surface area contributed by atoms with Crippen LogP contribution < -0.4 is 5.43 Å². The van der Waals surface area contributed by atoms with Crippen molar-refractivity contribution < 1.29 is 18.7 Å². The molecule has 0 saturated carbocycles. The molecule has 0 radical (unpaired) electrons. The molecule has 1 aromatic heterocycles. The maximum atomic E-state index is 12.6. The van der Waals surface area contributed by atoms with Crippen LogP contribution in [0.1, 0.15) is 48.2 Å². The molecule has 7 heteroatoms. The van der Waals surface area contributed by atoms with Gasteiger partial charge in [-0.3, -0.25) is 4.79 Å². The number of rotatable bonds is 4. The number of allylic oxidation sites excluding steroid dienone is 1. The number of nitrogens with zero attached hydrogens (tertiary/aromatic N) is 1. The van der Waals surface area contributed by atoms with Gasteiger partial charge in [0.2, 0.25) is 0 Å². The number of fused-ring (bicyclic) bond motifs is 1. The summed E-state index contributed by atoms with van der Waals surface area (Å²) in [7, 11) is 0. The summed E-state index contributed by atoms with van der Waals surface area (Å²) in [5, 5.41) is 4.54. The van der Waals surface area contributed by atoms with E-state index in [1.54, 1.807) is 43.0 Å². The number of ether oxygens (including phenoxy) is 1. The van der Waals surface area contributed by atoms with Crippen molar-refractivity contribution in [2.75, 3.05) is 0 Å². The number of nitrogens with one attached hydrogen (secondary N) is 1. The molecule has 1 aliphatic heterocycles. The van der Waals surface area contributed by atoms with Crippen molar-refractivity contribution in [3.8, 4) is 0 Å². The van der Waals surface area contributed by atoms with Crippen molar-refractivity contribution in [1.82, 2.24) is 5.43 Å². The minimum Gasteiger partial charge on any atom is -0.472 e. The molecule has 2 aliphatic rings. The molecular weight excluding hydrogens is 380 g/mol. The lowest BCUT2D eigenvalue weighted by atomic mass is 9.68. The summed E-state index contributed by atoms with van der Waals surface area (Å²) in [6.45, 7) is 2.03. The lowest BCUT2D eigenvalue weighted by molar-refractivity contribution is -0.140. The smallest absolute Gasteiger partial charge is 0.335 e. The van der Waals surface area contributed by atoms with E-state index in [1.807, 2.05) is 13.0 Å². The van der Waals surface area contributed by atoms with Crippen LogP contribution >= 0.6 is 11.6 Å². The van der Waals surface area contributed by atoms with Crippen molar-refractivity contribution in [2.24, 2.45) is 10.5 Å². The molecule has 1 saturated heterocycles. The van der Waals surface area contributed by atoms with Crippen LogP contribution in [0, 0.1) is 5.41 Å². The number of carbonyl (C=O) groups excluding carboxylic acids is 2. The highest BCUT2D eigenvalue weighted by Crippen LogP contribution is 2.55. The first-order chi connectivity index (χ1) is 13.5. The Labute approximate surface area is 167 Å². The quantitative estimate of drug-likeness (QED) is 0.469. The van der Waals surface area contributed by atoms with Gasteiger partial charge in [0.15, 0.2) is 0 Å². The fraction of sp³-hybridized carbons (Fsp3) is 0.286. The number of carbonyl (C=O) groups is 2. The van der Waals surface area contributed by atoms with E-state index in [0.717, 1.165) is 24.0 Å². The molecule has 1 amide bonds. The standard InChI is InChI=1S/C21H19ClN2O4/c1-21-8-3-5-14(11-23-24-19(25)13-4-2-6-16(22)10-13)17(21)20(26)28-18(21)15-7-9-27-12-15/h2,4,6-7,9-12,18H,3,5,8H2,1H3,(H,24,25)/b23-11+/t18-,21+/m0/s1. The molecule has 2 atom stereocenters. The molecule has 6 nitrogen and oxygen atoms in total. The first kappa shape index (κ1) is 18.5. The van der Waals surface area contributed by atoms with E-state index in [0.29, 0.717) is 22.6 Å². The summed E-state index contributed by atoms with van der Waals surface area (Å²) in [5.74, 6) is -0.704. The fourth-order valence-electron chi connectivity index (χ4n) is 4.04. The summed E-state index contributed by atoms with van der Waals surface area (Å²) in [4.78, 5) is 24.8. The van der Waals surface area contributed by atoms with Crippen molar-refractivity contribution >= 4 is 29.7 Å². The molecule has 0 spiro atoms. The molecule has 1 fully saturated rings. The van der Waals surface area contributed by atoms with Gasteiger partial charge < -0.3 is 9.15 Å². The fourth-order valence-corrected chi connectivity index (χ4v) is 4.23. The van der Waals surface area contributed by atoms with Crippen LogP contribution in [-0.4, -0.2) is 18.1 Å². The van der Waals surface area contributed by atoms with Gasteiger partial charge in [0.05, 0.1) is 24.3 Å². The van der Waals surface area contributed by atoms with Gasteiger partial charge in [0.1, 0.15) is 6.10 Å². The number of halogens is 1. The number of hydrogen-bond acceptors (Lipinski definition) is 5. The van der Waals surface area contributed by atoms with E-state index in [4.69, 9.17) is 20.8 Å². The number of esters is 1. The van der Waals surface area contributed by atoms with Crippen molar-refractivity contribution in [2.45, 2.75) is 32.3 Å². The molecule has 28 heavy (non-hydrogen) atoms. The van der Waals surface area contributed by atoms with Gasteiger partial charge in [0, 0.05) is 21.6 Å². The van der Waals surface area contributed by atoms with Gasteiger partial charge in [-0.05, 0) is 49.1 Å². The Kier molecular flexibility index (Phi) is 4.81. The predicted molar refractivity (Wildman–Crippen MR) is 104 cm³/mol. The third-order valence-corrected chi connectivity index (χ3v) is 5.60. The SMILES string of the molecule is C[C@@]12CCCC(/C=N/NC(=O)c3cccc(Cl)c3)=C1C(=O)O[C@H]2c1ccoc1. The highest BCUT2D eigenvalue weighted by Gasteiger charge is 2.53. The van der Waals surface area contributed by atoms with E-state index in [9.17, 15) is 9.59 Å². The molecule has 1 N–H and O–H groups in total. The van der Waals surface area contributed by atoms with Crippen molar-refractivity contribution in [3.05, 3.63) is 70.2 Å². The molecule has 0 bridgehead atoms. The number of amides is 1. The van der Waals surface area contributed by atoms with Crippen molar-refractivity contribution in [3.63, 3.8) is 0 Å². The topological polar surface area (TPSA) is 80.9 Å². The molecule has 2 aromatic rings. The largest absolute Gasteiger partial charge is 0.472 e. The Hall–Kier alpha value is -2.86. The van der Waals surface area contributed by atoms with Crippen LogP contribution in [0.5, 0.6) is 0 Å². The van der Waals surface area contributed by atoms with Gasteiger partial charge in [-0.2, -0.15) is 5.10 Å². The van der Waals surface area contributed by atoms with Gasteiger partial charge in [-0.15, -0.1) is 0 Å². The third-order valence-electron chi connectivity index (χ3n) is 5.36. The zero-order chi connectivity index (χ0) is 19.7. The van der Waals surface area contributed by atoms with Crippen LogP contribution in [0.15, 0.2) is 63.5 Å². The van der Waals surface area contributed by atoms with E-state index >= 15 is 0 Å². The highest BCUT2D eigenvalue weighted by atomic mass is 35.5. The van der Waals surface area contributed by atoms with Gasteiger partial charge in [-0.1, -0.05) is 24.6 Å². The summed E-state index contributed by atoms with van der Waals surface area (Å²) >= 11 is 5.91. The maximum Gasteiger partial charge on any atom is 0.335 e. The highest BCUT2D eigenvalue weighted by molar-refractivity contribution is 6.30. The minimum absolute atomic E-state index is 0.337. The Morgan fingerprint density at radius 1 is 1.39 bits per heavy atom. The van der Waals surface area contributed by atoms with E-state index in [2.05, 4.69) is 10.5 Å². The third kappa shape index (κ3) is 3.24. The predicted octanol–water partition coefficient (Wildman–Crippen LogP) is 4.43. The van der Waals surface area contributed by atoms with Gasteiger partial charge in [-0.25, -0.2) is 10.2 Å². The maximum absolute atomic E-state index is 12.6. The summed E-state index contributed by atoms with van der Waals surface area (Å²) < 4.78 is 10.8. The normalized spacial score (nSPS) is 24.4. The van der Waals surface area contributed by atoms with Crippen LogP contribution in [0.2, 0.25) is 5.02 Å². The summed E-state index contributed by atoms with van der Waals surface area (Å²) in [6.07, 6.45) is 6.79. The molecular formula is C21H19ClN2O4. The van der Waals surface area contributed by atoms with E-state index < -0.39 is 5.41 Å². The zero-order valence-electron chi connectivity index (χ0n) is 15.3. The number of benzene rings is 1. The zero-order valence-corrected chi connectivity index (χ0v) is 16.0. The first-order valence-electron chi connectivity index (χ1n) is 9.05. The molecule has 1 aliphatic carbocycles. The second-order valence-electron chi connectivity index (χ2n) is 7.22. The average Bonchev–Trinajstić information content (AvgIpc) is 3.28. The molecule has 2 heterocycles. The average molecular weight is 399 g/mol. The Morgan fingerprint density at radius 3 is 3.00 bits per heavy atom. The molecule has 4 rings (SSSR count). The Morgan fingerprint density at radius 2 is 2.25 bits per heavy atom. The lowest BCUT2D eigenvalue weighted by Crippen LogP contribution is -2.27. The van der Waals surface area contributed by atoms with Crippen LogP contribution in [0.4, 0.5) is 0 Å². The van der Waals surface area contributed by atoms with E-state index in [1.165, 1.54) is 0 Å². The number of hydrazone groups is 1. The van der Waals surface area contributed by atoms with Crippen LogP contribution in [0.3, 0.4) is 0 Å². The van der Waals surface area contributed by atoms with Crippen LogP contribution in [-0.2, 0) is 9.53 Å². The second-order valence-corrected chi connectivity index (χ2v) is 7.66. The van der Waals surface area contributed by atoms with Gasteiger partial charge >= 0.3 is 5.97 Å². The van der Waals surface area contributed by atoms with E-state index in [-0.39, 0.29) is 18.0 Å². The van der Waals surface area contributed by atoms with Crippen molar-refractivity contribution in [1.29, 1.82) is 0 Å². The Bertz CT molecular complexity index is 980. The van der Waals surface area contributed by atoms with Crippen LogP contribution in [0.25, 0.3) is 0 Å². The minimum atomic E-state index is -0.447. The number of hydrogen-bond donors (Lipinski definition) is 1. The monoisotopic (exact) mass is 398 g/mol. The Balaban J connectivity index is 1.57.